The zero-order valence-electron chi connectivity index (χ0n) is 18.4. The molecule has 3 aromatic carbocycles. The number of amides is 1. The summed E-state index contributed by atoms with van der Waals surface area (Å²) in [7, 11) is 0. The Morgan fingerprint density at radius 3 is 2.52 bits per heavy atom. The second-order valence-corrected chi connectivity index (χ2v) is 9.33. The number of nitrogens with zero attached hydrogens (tertiary/aromatic N) is 2. The van der Waals surface area contributed by atoms with Crippen LogP contribution >= 0.6 is 11.8 Å². The van der Waals surface area contributed by atoms with Crippen LogP contribution in [0.1, 0.15) is 34.3 Å². The van der Waals surface area contributed by atoms with E-state index in [2.05, 4.69) is 45.5 Å². The van der Waals surface area contributed by atoms with Crippen LogP contribution in [0.4, 0.5) is 0 Å². The van der Waals surface area contributed by atoms with E-state index >= 15 is 0 Å². The first-order valence-electron chi connectivity index (χ1n) is 11.4. The normalized spacial score (nSPS) is 15.0. The van der Waals surface area contributed by atoms with Gasteiger partial charge in [-0.05, 0) is 42.2 Å². The molecule has 1 saturated heterocycles. The molecule has 6 heteroatoms. The van der Waals surface area contributed by atoms with Gasteiger partial charge in [0, 0.05) is 37.0 Å². The number of fused-ring (bicyclic) bond motifs is 1. The molecular formula is C27H27N3O2S. The van der Waals surface area contributed by atoms with Gasteiger partial charge in [-0.25, -0.2) is 4.98 Å². The second kappa shape index (κ2) is 10.2. The first-order chi connectivity index (χ1) is 16.2. The molecule has 0 bridgehead atoms. The summed E-state index contributed by atoms with van der Waals surface area (Å²) in [6.07, 6.45) is 1.94. The number of thioether (sulfide) groups is 1. The number of benzene rings is 3. The van der Waals surface area contributed by atoms with Crippen LogP contribution in [0.25, 0.3) is 11.1 Å². The van der Waals surface area contributed by atoms with Gasteiger partial charge < -0.3 is 9.73 Å². The molecule has 0 radical (unpaired) electrons. The molecule has 1 aliphatic rings. The summed E-state index contributed by atoms with van der Waals surface area (Å²) in [5.74, 6) is 0.636. The molecule has 1 fully saturated rings. The number of carbonyl (C=O) groups is 1. The van der Waals surface area contributed by atoms with E-state index in [-0.39, 0.29) is 11.9 Å². The number of para-hydroxylation sites is 2. The van der Waals surface area contributed by atoms with Crippen LogP contribution in [0.2, 0.25) is 0 Å². The second-order valence-electron chi connectivity index (χ2n) is 8.40. The van der Waals surface area contributed by atoms with Gasteiger partial charge in [-0.15, -0.1) is 0 Å². The van der Waals surface area contributed by atoms with Crippen LogP contribution in [0.15, 0.2) is 88.5 Å². The van der Waals surface area contributed by atoms with Gasteiger partial charge in [0.25, 0.3) is 11.1 Å². The molecule has 1 aromatic heterocycles. The fourth-order valence-electron chi connectivity index (χ4n) is 4.26. The maximum atomic E-state index is 13.1. The average molecular weight is 458 g/mol. The van der Waals surface area contributed by atoms with Crippen molar-refractivity contribution < 1.29 is 9.21 Å². The van der Waals surface area contributed by atoms with Crippen LogP contribution in [-0.4, -0.2) is 34.9 Å². The standard InChI is InChI=1S/C27H27N3O2S/c31-26(28-22-14-16-30(17-15-22)18-20-8-2-1-3-9-20)23-11-5-4-10-21(23)19-33-27-29-24-12-6-7-13-25(24)32-27/h1-13,22H,14-19H2,(H,28,31). The Bertz CT molecular complexity index is 1180. The van der Waals surface area contributed by atoms with E-state index < -0.39 is 0 Å². The number of likely N-dealkylation sites (tertiary alicyclic amines) is 1. The minimum atomic E-state index is 0.00488. The molecule has 0 aliphatic carbocycles. The quantitative estimate of drug-likeness (QED) is 0.371. The van der Waals surface area contributed by atoms with Crippen LogP contribution in [-0.2, 0) is 12.3 Å². The predicted octanol–water partition coefficient (Wildman–Crippen LogP) is 5.51. The van der Waals surface area contributed by atoms with Crippen molar-refractivity contribution in [3.8, 4) is 0 Å². The molecule has 1 amide bonds. The van der Waals surface area contributed by atoms with E-state index in [0.29, 0.717) is 11.0 Å². The van der Waals surface area contributed by atoms with Crippen LogP contribution in [0.3, 0.4) is 0 Å². The molecule has 1 N–H and O–H groups in total. The highest BCUT2D eigenvalue weighted by Gasteiger charge is 2.22. The monoisotopic (exact) mass is 457 g/mol. The summed E-state index contributed by atoms with van der Waals surface area (Å²) in [5.41, 5.74) is 4.69. The van der Waals surface area contributed by atoms with Gasteiger partial charge >= 0.3 is 0 Å². The lowest BCUT2D eigenvalue weighted by Gasteiger charge is -2.32. The Balaban J connectivity index is 1.16. The van der Waals surface area contributed by atoms with Crippen molar-refractivity contribution in [2.75, 3.05) is 13.1 Å². The Morgan fingerprint density at radius 2 is 1.70 bits per heavy atom. The van der Waals surface area contributed by atoms with Gasteiger partial charge in [0.1, 0.15) is 5.52 Å². The van der Waals surface area contributed by atoms with E-state index in [0.717, 1.165) is 54.7 Å². The lowest BCUT2D eigenvalue weighted by atomic mass is 10.0. The highest BCUT2D eigenvalue weighted by molar-refractivity contribution is 7.98. The van der Waals surface area contributed by atoms with Crippen molar-refractivity contribution in [2.45, 2.75) is 36.4 Å². The lowest BCUT2D eigenvalue weighted by molar-refractivity contribution is 0.0908. The third-order valence-corrected chi connectivity index (χ3v) is 6.94. The molecule has 0 atom stereocenters. The Kier molecular flexibility index (Phi) is 6.74. The fraction of sp³-hybridized carbons (Fsp3) is 0.259. The number of carbonyl (C=O) groups excluding carboxylic acids is 1. The van der Waals surface area contributed by atoms with Crippen LogP contribution in [0, 0.1) is 0 Å². The van der Waals surface area contributed by atoms with Crippen LogP contribution < -0.4 is 5.32 Å². The summed E-state index contributed by atoms with van der Waals surface area (Å²) >= 11 is 1.51. The number of oxazole rings is 1. The number of rotatable bonds is 7. The van der Waals surface area contributed by atoms with Gasteiger partial charge in [-0.1, -0.05) is 72.4 Å². The molecule has 0 saturated carbocycles. The highest BCUT2D eigenvalue weighted by atomic mass is 32.2. The zero-order valence-corrected chi connectivity index (χ0v) is 19.3. The minimum absolute atomic E-state index is 0.00488. The number of piperidine rings is 1. The molecular weight excluding hydrogens is 430 g/mol. The van der Waals surface area contributed by atoms with Gasteiger partial charge in [0.05, 0.1) is 0 Å². The summed E-state index contributed by atoms with van der Waals surface area (Å²) in [6.45, 7) is 2.96. The van der Waals surface area contributed by atoms with Crippen molar-refractivity contribution in [1.29, 1.82) is 0 Å². The van der Waals surface area contributed by atoms with Crippen molar-refractivity contribution in [3.05, 3.63) is 95.6 Å². The Hall–Kier alpha value is -3.09. The fourth-order valence-corrected chi connectivity index (χ4v) is 5.10. The molecule has 0 spiro atoms. The first kappa shape index (κ1) is 21.7. The molecule has 2 heterocycles. The van der Waals surface area contributed by atoms with Crippen molar-refractivity contribution in [1.82, 2.24) is 15.2 Å². The zero-order chi connectivity index (χ0) is 22.5. The van der Waals surface area contributed by atoms with Crippen molar-refractivity contribution in [3.63, 3.8) is 0 Å². The number of nitrogens with one attached hydrogen (secondary N) is 1. The highest BCUT2D eigenvalue weighted by Crippen LogP contribution is 2.27. The van der Waals surface area contributed by atoms with Crippen LogP contribution in [0.5, 0.6) is 0 Å². The van der Waals surface area contributed by atoms with Crippen molar-refractivity contribution >= 4 is 28.8 Å². The Labute approximate surface area is 198 Å². The smallest absolute Gasteiger partial charge is 0.257 e. The summed E-state index contributed by atoms with van der Waals surface area (Å²) in [4.78, 5) is 20.1. The first-order valence-corrected chi connectivity index (χ1v) is 12.4. The summed E-state index contributed by atoms with van der Waals surface area (Å²) in [6, 6.07) is 26.3. The molecule has 5 rings (SSSR count). The Morgan fingerprint density at radius 1 is 0.970 bits per heavy atom. The SMILES string of the molecule is O=C(NC1CCN(Cc2ccccc2)CC1)c1ccccc1CSc1nc2ccccc2o1. The lowest BCUT2D eigenvalue weighted by Crippen LogP contribution is -2.44. The number of hydrogen-bond acceptors (Lipinski definition) is 5. The van der Waals surface area contributed by atoms with E-state index in [4.69, 9.17) is 4.42 Å². The van der Waals surface area contributed by atoms with Gasteiger partial charge in [0.2, 0.25) is 0 Å². The predicted molar refractivity (Wildman–Crippen MR) is 132 cm³/mol. The maximum Gasteiger partial charge on any atom is 0.257 e. The molecule has 33 heavy (non-hydrogen) atoms. The van der Waals surface area contributed by atoms with E-state index in [1.54, 1.807) is 0 Å². The third-order valence-electron chi connectivity index (χ3n) is 6.06. The molecule has 168 valence electrons. The van der Waals surface area contributed by atoms with E-state index in [1.807, 2.05) is 48.5 Å². The topological polar surface area (TPSA) is 58.4 Å². The molecule has 4 aromatic rings. The van der Waals surface area contributed by atoms with Crippen molar-refractivity contribution in [2.24, 2.45) is 0 Å². The van der Waals surface area contributed by atoms with Gasteiger partial charge in [0.15, 0.2) is 5.58 Å². The number of hydrogen-bond donors (Lipinski definition) is 1. The summed E-state index contributed by atoms with van der Waals surface area (Å²) < 4.78 is 5.81. The van der Waals surface area contributed by atoms with E-state index in [1.165, 1.54) is 17.3 Å². The summed E-state index contributed by atoms with van der Waals surface area (Å²) in [5, 5.41) is 3.89. The molecule has 5 nitrogen and oxygen atoms in total. The average Bonchev–Trinajstić information content (AvgIpc) is 3.28. The van der Waals surface area contributed by atoms with Gasteiger partial charge in [-0.2, -0.15) is 0 Å². The van der Waals surface area contributed by atoms with Gasteiger partial charge in [-0.3, -0.25) is 9.69 Å². The number of aromatic nitrogens is 1. The maximum absolute atomic E-state index is 13.1. The molecule has 1 aliphatic heterocycles. The third kappa shape index (κ3) is 5.46. The largest absolute Gasteiger partial charge is 0.431 e. The molecule has 0 unspecified atom stereocenters. The minimum Gasteiger partial charge on any atom is -0.431 e. The van der Waals surface area contributed by atoms with E-state index in [9.17, 15) is 4.79 Å².